The lowest BCUT2D eigenvalue weighted by molar-refractivity contribution is 0.152. The Kier molecular flexibility index (Phi) is 3.15. The van der Waals surface area contributed by atoms with E-state index >= 15 is 0 Å². The Morgan fingerprint density at radius 1 is 1.71 bits per heavy atom. The van der Waals surface area contributed by atoms with Gasteiger partial charge in [0.05, 0.1) is 17.3 Å². The molecule has 1 aromatic heterocycles. The van der Waals surface area contributed by atoms with Crippen LogP contribution in [0.25, 0.3) is 0 Å². The van der Waals surface area contributed by atoms with Crippen LogP contribution in [0.3, 0.4) is 0 Å². The average molecular weight is 212 g/mol. The third-order valence-electron chi connectivity index (χ3n) is 2.74. The summed E-state index contributed by atoms with van der Waals surface area (Å²) in [6, 6.07) is 0.358. The molecule has 0 bridgehead atoms. The Morgan fingerprint density at radius 2 is 2.57 bits per heavy atom. The monoisotopic (exact) mass is 212 g/mol. The molecule has 1 aliphatic heterocycles. The minimum Gasteiger partial charge on any atom is -0.395 e. The number of hydrogen-bond acceptors (Lipinski definition) is 4. The predicted octanol–water partition coefficient (Wildman–Crippen LogP) is 1.41. The van der Waals surface area contributed by atoms with E-state index in [4.69, 9.17) is 5.11 Å². The molecule has 1 aliphatic rings. The molecule has 0 spiro atoms. The van der Waals surface area contributed by atoms with E-state index in [2.05, 4.69) is 15.3 Å². The molecule has 4 heteroatoms. The normalized spacial score (nSPS) is 23.1. The second-order valence-corrected chi connectivity index (χ2v) is 4.87. The minimum absolute atomic E-state index is 0.281. The first-order valence-corrected chi connectivity index (χ1v) is 5.93. The molecule has 2 rings (SSSR count). The molecule has 0 aliphatic carbocycles. The van der Waals surface area contributed by atoms with Crippen molar-refractivity contribution < 1.29 is 5.11 Å². The number of thiazole rings is 1. The molecule has 1 aromatic rings. The summed E-state index contributed by atoms with van der Waals surface area (Å²) < 4.78 is 0. The van der Waals surface area contributed by atoms with Gasteiger partial charge in [-0.1, -0.05) is 0 Å². The highest BCUT2D eigenvalue weighted by Crippen LogP contribution is 2.20. The minimum atomic E-state index is 0.281. The zero-order valence-electron chi connectivity index (χ0n) is 8.44. The molecule has 3 nitrogen and oxygen atoms in total. The van der Waals surface area contributed by atoms with Crippen LogP contribution in [0, 0.1) is 6.92 Å². The van der Waals surface area contributed by atoms with Crippen molar-refractivity contribution in [2.45, 2.75) is 32.4 Å². The van der Waals surface area contributed by atoms with E-state index in [0.717, 1.165) is 30.2 Å². The second kappa shape index (κ2) is 4.38. The van der Waals surface area contributed by atoms with Crippen molar-refractivity contribution in [1.29, 1.82) is 0 Å². The van der Waals surface area contributed by atoms with Gasteiger partial charge in [0.15, 0.2) is 0 Å². The number of aliphatic hydroxyl groups excluding tert-OH is 1. The third kappa shape index (κ3) is 2.13. The van der Waals surface area contributed by atoms with Gasteiger partial charge in [-0.05, 0) is 26.3 Å². The van der Waals surface area contributed by atoms with Gasteiger partial charge < -0.3 is 5.11 Å². The summed E-state index contributed by atoms with van der Waals surface area (Å²) >= 11 is 1.70. The highest BCUT2D eigenvalue weighted by molar-refractivity contribution is 7.09. The maximum atomic E-state index is 9.16. The first-order chi connectivity index (χ1) is 6.79. The lowest BCUT2D eigenvalue weighted by atomic mass is 10.2. The molecule has 0 unspecified atom stereocenters. The Bertz CT molecular complexity index is 300. The third-order valence-corrected chi connectivity index (χ3v) is 3.56. The van der Waals surface area contributed by atoms with Crippen LogP contribution in [0.4, 0.5) is 0 Å². The molecule has 0 amide bonds. The van der Waals surface area contributed by atoms with Crippen LogP contribution in [0.5, 0.6) is 0 Å². The van der Waals surface area contributed by atoms with E-state index in [1.807, 2.05) is 6.92 Å². The summed E-state index contributed by atoms with van der Waals surface area (Å²) in [5.74, 6) is 0. The topological polar surface area (TPSA) is 36.4 Å². The molecule has 0 saturated carbocycles. The summed E-state index contributed by atoms with van der Waals surface area (Å²) in [7, 11) is 0. The summed E-state index contributed by atoms with van der Waals surface area (Å²) in [4.78, 5) is 6.77. The van der Waals surface area contributed by atoms with Gasteiger partial charge in [0, 0.05) is 18.0 Å². The van der Waals surface area contributed by atoms with Crippen molar-refractivity contribution in [3.8, 4) is 0 Å². The molecule has 1 saturated heterocycles. The molecule has 0 radical (unpaired) electrons. The second-order valence-electron chi connectivity index (χ2n) is 3.81. The maximum absolute atomic E-state index is 9.16. The van der Waals surface area contributed by atoms with Crippen LogP contribution in [0.1, 0.15) is 23.5 Å². The quantitative estimate of drug-likeness (QED) is 0.823. The van der Waals surface area contributed by atoms with Crippen molar-refractivity contribution in [3.05, 3.63) is 16.1 Å². The van der Waals surface area contributed by atoms with Crippen molar-refractivity contribution in [2.24, 2.45) is 0 Å². The van der Waals surface area contributed by atoms with E-state index in [9.17, 15) is 0 Å². The van der Waals surface area contributed by atoms with Gasteiger partial charge >= 0.3 is 0 Å². The fourth-order valence-corrected chi connectivity index (χ4v) is 2.60. The van der Waals surface area contributed by atoms with Gasteiger partial charge in [-0.3, -0.25) is 4.90 Å². The van der Waals surface area contributed by atoms with Crippen molar-refractivity contribution in [2.75, 3.05) is 13.2 Å². The number of aromatic nitrogens is 1. The number of aliphatic hydroxyl groups is 1. The Hall–Kier alpha value is -0.450. The van der Waals surface area contributed by atoms with E-state index < -0.39 is 0 Å². The lowest BCUT2D eigenvalue weighted by Gasteiger charge is -2.21. The van der Waals surface area contributed by atoms with E-state index in [1.165, 1.54) is 6.42 Å². The molecule has 1 N–H and O–H groups in total. The summed E-state index contributed by atoms with van der Waals surface area (Å²) in [5, 5.41) is 12.4. The molecule has 1 atom stereocenters. The Labute approximate surface area is 88.4 Å². The number of nitrogens with zero attached hydrogens (tertiary/aromatic N) is 2. The SMILES string of the molecule is Cc1nc(CN2CCC[C@@H]2CO)cs1. The molecular weight excluding hydrogens is 196 g/mol. The molecule has 14 heavy (non-hydrogen) atoms. The maximum Gasteiger partial charge on any atom is 0.0897 e. The fraction of sp³-hybridized carbons (Fsp3) is 0.700. The van der Waals surface area contributed by atoms with Gasteiger partial charge in [-0.25, -0.2) is 4.98 Å². The zero-order chi connectivity index (χ0) is 9.97. The summed E-state index contributed by atoms with van der Waals surface area (Å²) in [6.07, 6.45) is 2.33. The van der Waals surface area contributed by atoms with Crippen molar-refractivity contribution in [3.63, 3.8) is 0 Å². The highest BCUT2D eigenvalue weighted by atomic mass is 32.1. The number of likely N-dealkylation sites (tertiary alicyclic amines) is 1. The first-order valence-electron chi connectivity index (χ1n) is 5.05. The predicted molar refractivity (Wildman–Crippen MR) is 57.4 cm³/mol. The van der Waals surface area contributed by atoms with Gasteiger partial charge in [-0.2, -0.15) is 0 Å². The van der Waals surface area contributed by atoms with Crippen molar-refractivity contribution >= 4 is 11.3 Å². The zero-order valence-corrected chi connectivity index (χ0v) is 9.26. The standard InChI is InChI=1S/C10H16N2OS/c1-8-11-9(7-14-8)5-12-4-2-3-10(12)6-13/h7,10,13H,2-6H2,1H3/t10-/m1/s1. The highest BCUT2D eigenvalue weighted by Gasteiger charge is 2.23. The largest absolute Gasteiger partial charge is 0.395 e. The average Bonchev–Trinajstić information content (AvgIpc) is 2.76. The van der Waals surface area contributed by atoms with E-state index in [-0.39, 0.29) is 6.61 Å². The Morgan fingerprint density at radius 3 is 3.21 bits per heavy atom. The molecular formula is C10H16N2OS. The first kappa shape index (κ1) is 10.1. The van der Waals surface area contributed by atoms with E-state index in [0.29, 0.717) is 6.04 Å². The van der Waals surface area contributed by atoms with Crippen LogP contribution in [0.15, 0.2) is 5.38 Å². The van der Waals surface area contributed by atoms with Crippen LogP contribution in [-0.2, 0) is 6.54 Å². The van der Waals surface area contributed by atoms with Crippen LogP contribution < -0.4 is 0 Å². The van der Waals surface area contributed by atoms with Gasteiger partial charge in [0.25, 0.3) is 0 Å². The smallest absolute Gasteiger partial charge is 0.0897 e. The summed E-state index contributed by atoms with van der Waals surface area (Å²) in [6.45, 7) is 4.31. The van der Waals surface area contributed by atoms with Gasteiger partial charge in [0.1, 0.15) is 0 Å². The molecule has 2 heterocycles. The van der Waals surface area contributed by atoms with E-state index in [1.54, 1.807) is 11.3 Å². The summed E-state index contributed by atoms with van der Waals surface area (Å²) in [5.41, 5.74) is 1.15. The number of hydrogen-bond donors (Lipinski definition) is 1. The van der Waals surface area contributed by atoms with Gasteiger partial charge in [0.2, 0.25) is 0 Å². The van der Waals surface area contributed by atoms with Crippen LogP contribution in [0.2, 0.25) is 0 Å². The molecule has 1 fully saturated rings. The number of aryl methyl sites for hydroxylation is 1. The number of rotatable bonds is 3. The fourth-order valence-electron chi connectivity index (χ4n) is 2.00. The Balaban J connectivity index is 1.96. The van der Waals surface area contributed by atoms with Gasteiger partial charge in [-0.15, -0.1) is 11.3 Å². The van der Waals surface area contributed by atoms with Crippen LogP contribution in [-0.4, -0.2) is 34.2 Å². The molecule has 78 valence electrons. The van der Waals surface area contributed by atoms with Crippen LogP contribution >= 0.6 is 11.3 Å². The molecule has 0 aromatic carbocycles. The lowest BCUT2D eigenvalue weighted by Crippen LogP contribution is -2.31. The van der Waals surface area contributed by atoms with Crippen molar-refractivity contribution in [1.82, 2.24) is 9.88 Å².